The predicted molar refractivity (Wildman–Crippen MR) is 77.8 cm³/mol. The van der Waals surface area contributed by atoms with Crippen LogP contribution in [0.3, 0.4) is 0 Å². The molecule has 0 radical (unpaired) electrons. The lowest BCUT2D eigenvalue weighted by Crippen LogP contribution is -2.44. The summed E-state index contributed by atoms with van der Waals surface area (Å²) in [6.07, 6.45) is 4.53. The zero-order valence-electron chi connectivity index (χ0n) is 12.4. The molecule has 22 heavy (non-hydrogen) atoms. The van der Waals surface area contributed by atoms with E-state index in [0.717, 1.165) is 19.3 Å². The van der Waals surface area contributed by atoms with Crippen molar-refractivity contribution < 1.29 is 23.4 Å². The Kier molecular flexibility index (Phi) is 5.71. The molecule has 0 heterocycles. The van der Waals surface area contributed by atoms with Crippen molar-refractivity contribution in [3.05, 3.63) is 29.8 Å². The number of halogens is 2. The van der Waals surface area contributed by atoms with Crippen LogP contribution in [0.25, 0.3) is 0 Å². The van der Waals surface area contributed by atoms with Crippen LogP contribution in [-0.4, -0.2) is 29.8 Å². The zero-order chi connectivity index (χ0) is 16.0. The molecule has 0 aromatic heterocycles. The van der Waals surface area contributed by atoms with Crippen molar-refractivity contribution in [1.29, 1.82) is 0 Å². The van der Waals surface area contributed by atoms with Gasteiger partial charge in [0.1, 0.15) is 5.75 Å². The molecule has 122 valence electrons. The average Bonchev–Trinajstić information content (AvgIpc) is 2.46. The maximum Gasteiger partial charge on any atom is 0.387 e. The van der Waals surface area contributed by atoms with Gasteiger partial charge >= 0.3 is 6.61 Å². The van der Waals surface area contributed by atoms with Crippen molar-refractivity contribution >= 4 is 5.91 Å². The number of nitrogens with one attached hydrogen (secondary N) is 1. The van der Waals surface area contributed by atoms with Gasteiger partial charge in [-0.1, -0.05) is 31.4 Å². The second kappa shape index (κ2) is 7.54. The Morgan fingerprint density at radius 2 is 2.05 bits per heavy atom. The van der Waals surface area contributed by atoms with Crippen LogP contribution in [0.15, 0.2) is 24.3 Å². The molecule has 0 bridgehead atoms. The van der Waals surface area contributed by atoms with Crippen LogP contribution >= 0.6 is 0 Å². The van der Waals surface area contributed by atoms with E-state index in [1.807, 2.05) is 0 Å². The highest BCUT2D eigenvalue weighted by Crippen LogP contribution is 2.27. The van der Waals surface area contributed by atoms with E-state index in [4.69, 9.17) is 0 Å². The van der Waals surface area contributed by atoms with Gasteiger partial charge in [0.25, 0.3) is 0 Å². The summed E-state index contributed by atoms with van der Waals surface area (Å²) < 4.78 is 28.6. The molecule has 0 spiro atoms. The third-order valence-corrected chi connectivity index (χ3v) is 3.89. The quantitative estimate of drug-likeness (QED) is 0.849. The van der Waals surface area contributed by atoms with Gasteiger partial charge in [-0.3, -0.25) is 4.79 Å². The number of alkyl halides is 2. The van der Waals surface area contributed by atoms with Crippen LogP contribution in [0.4, 0.5) is 8.78 Å². The third kappa shape index (κ3) is 5.26. The largest absolute Gasteiger partial charge is 0.435 e. The van der Waals surface area contributed by atoms with Gasteiger partial charge in [0.05, 0.1) is 12.0 Å². The number of rotatable bonds is 6. The van der Waals surface area contributed by atoms with Crippen LogP contribution < -0.4 is 10.1 Å². The van der Waals surface area contributed by atoms with Crippen LogP contribution in [0, 0.1) is 0 Å². The van der Waals surface area contributed by atoms with E-state index in [1.165, 1.54) is 12.1 Å². The molecule has 0 saturated heterocycles. The van der Waals surface area contributed by atoms with Gasteiger partial charge in [0.15, 0.2) is 0 Å². The summed E-state index contributed by atoms with van der Waals surface area (Å²) in [5.41, 5.74) is -0.222. The molecule has 4 nitrogen and oxygen atoms in total. The molecular weight excluding hydrogens is 292 g/mol. The van der Waals surface area contributed by atoms with E-state index in [9.17, 15) is 18.7 Å². The first-order chi connectivity index (χ1) is 10.5. The number of carbonyl (C=O) groups excluding carboxylic acids is 1. The van der Waals surface area contributed by atoms with Gasteiger partial charge in [-0.25, -0.2) is 0 Å². The smallest absolute Gasteiger partial charge is 0.387 e. The van der Waals surface area contributed by atoms with Gasteiger partial charge in [-0.2, -0.15) is 8.78 Å². The lowest BCUT2D eigenvalue weighted by Gasteiger charge is -2.32. The van der Waals surface area contributed by atoms with E-state index < -0.39 is 12.2 Å². The monoisotopic (exact) mass is 313 g/mol. The third-order valence-electron chi connectivity index (χ3n) is 3.89. The summed E-state index contributed by atoms with van der Waals surface area (Å²) in [5.74, 6) is -0.209. The summed E-state index contributed by atoms with van der Waals surface area (Å²) in [7, 11) is 0. The number of aliphatic hydroxyl groups is 1. The van der Waals surface area contributed by atoms with E-state index in [2.05, 4.69) is 10.1 Å². The van der Waals surface area contributed by atoms with E-state index in [-0.39, 0.29) is 24.6 Å². The number of carbonyl (C=O) groups is 1. The van der Waals surface area contributed by atoms with Gasteiger partial charge < -0.3 is 15.2 Å². The molecule has 0 unspecified atom stereocenters. The number of hydrogen-bond donors (Lipinski definition) is 2. The molecule has 2 N–H and O–H groups in total. The van der Waals surface area contributed by atoms with Crippen LogP contribution in [0.5, 0.6) is 5.75 Å². The topological polar surface area (TPSA) is 58.6 Å². The Morgan fingerprint density at radius 3 is 2.73 bits per heavy atom. The van der Waals surface area contributed by atoms with Gasteiger partial charge in [0, 0.05) is 6.54 Å². The van der Waals surface area contributed by atoms with E-state index in [0.29, 0.717) is 18.4 Å². The number of benzene rings is 1. The highest BCUT2D eigenvalue weighted by molar-refractivity contribution is 5.78. The van der Waals surface area contributed by atoms with Crippen LogP contribution in [-0.2, 0) is 11.2 Å². The summed E-state index contributed by atoms with van der Waals surface area (Å²) in [4.78, 5) is 11.9. The van der Waals surface area contributed by atoms with Crippen LogP contribution in [0.2, 0.25) is 0 Å². The van der Waals surface area contributed by atoms with Crippen molar-refractivity contribution in [3.8, 4) is 5.75 Å². The standard InChI is InChI=1S/C16H21F2NO3/c17-15(18)22-13-6-4-5-12(9-13)10-14(20)19-11-16(21)7-2-1-3-8-16/h4-6,9,15,21H,1-3,7-8,10-11H2,(H,19,20). The summed E-state index contributed by atoms with van der Waals surface area (Å²) in [6.45, 7) is -2.65. The molecular formula is C16H21F2NO3. The molecule has 1 aliphatic carbocycles. The molecule has 1 aromatic rings. The number of hydrogen-bond acceptors (Lipinski definition) is 3. The SMILES string of the molecule is O=C(Cc1cccc(OC(F)F)c1)NCC1(O)CCCCC1. The maximum atomic E-state index is 12.2. The summed E-state index contributed by atoms with van der Waals surface area (Å²) in [6, 6.07) is 6.07. The molecule has 1 aliphatic rings. The highest BCUT2D eigenvalue weighted by Gasteiger charge is 2.29. The lowest BCUT2D eigenvalue weighted by molar-refractivity contribution is -0.122. The molecule has 1 saturated carbocycles. The minimum Gasteiger partial charge on any atom is -0.435 e. The second-order valence-corrected chi connectivity index (χ2v) is 5.76. The Bertz CT molecular complexity index is 502. The molecule has 1 amide bonds. The molecule has 0 aliphatic heterocycles. The van der Waals surface area contributed by atoms with Crippen molar-refractivity contribution in [2.24, 2.45) is 0 Å². The van der Waals surface area contributed by atoms with Crippen molar-refractivity contribution in [2.75, 3.05) is 6.54 Å². The second-order valence-electron chi connectivity index (χ2n) is 5.76. The molecule has 0 atom stereocenters. The number of ether oxygens (including phenoxy) is 1. The maximum absolute atomic E-state index is 12.2. The Morgan fingerprint density at radius 1 is 1.32 bits per heavy atom. The fourth-order valence-corrected chi connectivity index (χ4v) is 2.73. The lowest BCUT2D eigenvalue weighted by atomic mass is 9.85. The zero-order valence-corrected chi connectivity index (χ0v) is 12.4. The normalized spacial score (nSPS) is 17.3. The Balaban J connectivity index is 1.84. The molecule has 2 rings (SSSR count). The number of amides is 1. The van der Waals surface area contributed by atoms with Gasteiger partial charge in [-0.15, -0.1) is 0 Å². The first-order valence-corrected chi connectivity index (χ1v) is 7.50. The Hall–Kier alpha value is -1.69. The first-order valence-electron chi connectivity index (χ1n) is 7.50. The van der Waals surface area contributed by atoms with Gasteiger partial charge in [0.2, 0.25) is 5.91 Å². The molecule has 1 fully saturated rings. The van der Waals surface area contributed by atoms with Crippen molar-refractivity contribution in [1.82, 2.24) is 5.32 Å². The fourth-order valence-electron chi connectivity index (χ4n) is 2.73. The van der Waals surface area contributed by atoms with Crippen molar-refractivity contribution in [3.63, 3.8) is 0 Å². The van der Waals surface area contributed by atoms with E-state index >= 15 is 0 Å². The Labute approximate surface area is 128 Å². The summed E-state index contributed by atoms with van der Waals surface area (Å²) >= 11 is 0. The molecule has 6 heteroatoms. The minimum absolute atomic E-state index is 0.0335. The predicted octanol–water partition coefficient (Wildman–Crippen LogP) is 2.64. The highest BCUT2D eigenvalue weighted by atomic mass is 19.3. The van der Waals surface area contributed by atoms with Gasteiger partial charge in [-0.05, 0) is 30.5 Å². The van der Waals surface area contributed by atoms with Crippen LogP contribution in [0.1, 0.15) is 37.7 Å². The average molecular weight is 313 g/mol. The summed E-state index contributed by atoms with van der Waals surface area (Å²) in [5, 5.41) is 13.0. The van der Waals surface area contributed by atoms with Crippen molar-refractivity contribution in [2.45, 2.75) is 50.7 Å². The minimum atomic E-state index is -2.88. The van der Waals surface area contributed by atoms with E-state index in [1.54, 1.807) is 12.1 Å². The fraction of sp³-hybridized carbons (Fsp3) is 0.562. The molecule has 1 aromatic carbocycles. The first kappa shape index (κ1) is 16.7.